The highest BCUT2D eigenvalue weighted by molar-refractivity contribution is 7.15. The number of aromatic nitrogens is 4. The molecule has 0 aliphatic carbocycles. The maximum absolute atomic E-state index is 13.9. The number of para-hydroxylation sites is 2. The molecule has 0 spiro atoms. The number of ether oxygens (including phenoxy) is 1. The average Bonchev–Trinajstić information content (AvgIpc) is 3.56. The van der Waals surface area contributed by atoms with Gasteiger partial charge in [0.2, 0.25) is 5.91 Å². The smallest absolute Gasteiger partial charge is 0.268 e. The number of carbonyl (C=O) groups is 1. The summed E-state index contributed by atoms with van der Waals surface area (Å²) < 4.78 is 8.89. The number of aryl methyl sites for hydroxylation is 2. The number of hydrogen-bond acceptors (Lipinski definition) is 6. The highest BCUT2D eigenvalue weighted by Crippen LogP contribution is 2.28. The molecule has 9 heteroatoms. The summed E-state index contributed by atoms with van der Waals surface area (Å²) in [7, 11) is 1.62. The number of amides is 1. The molecular formula is C32H33N5O3S. The van der Waals surface area contributed by atoms with Crippen LogP contribution in [0.1, 0.15) is 35.5 Å². The highest BCUT2D eigenvalue weighted by Gasteiger charge is 2.25. The molecule has 41 heavy (non-hydrogen) atoms. The van der Waals surface area contributed by atoms with Crippen LogP contribution in [0.25, 0.3) is 21.9 Å². The summed E-state index contributed by atoms with van der Waals surface area (Å²) in [5.41, 5.74) is 5.06. The predicted octanol–water partition coefficient (Wildman–Crippen LogP) is 5.26. The number of rotatable bonds is 7. The van der Waals surface area contributed by atoms with E-state index >= 15 is 0 Å². The molecule has 3 aromatic heterocycles. The van der Waals surface area contributed by atoms with E-state index in [1.54, 1.807) is 16.2 Å². The predicted molar refractivity (Wildman–Crippen MR) is 161 cm³/mol. The summed E-state index contributed by atoms with van der Waals surface area (Å²) in [4.78, 5) is 34.5. The van der Waals surface area contributed by atoms with Crippen LogP contribution < -0.4 is 10.3 Å². The average molecular weight is 568 g/mol. The van der Waals surface area contributed by atoms with Gasteiger partial charge in [0.15, 0.2) is 4.96 Å². The number of nitrogens with zero attached hydrogens (tertiary/aromatic N) is 5. The number of hydrogen-bond donors (Lipinski definition) is 0. The number of methoxy groups -OCH3 is 1. The lowest BCUT2D eigenvalue weighted by Crippen LogP contribution is -2.40. The molecule has 0 saturated carbocycles. The third kappa shape index (κ3) is 5.29. The Morgan fingerprint density at radius 1 is 1.05 bits per heavy atom. The monoisotopic (exact) mass is 567 g/mol. The first-order valence-electron chi connectivity index (χ1n) is 13.9. The van der Waals surface area contributed by atoms with Crippen LogP contribution in [0.2, 0.25) is 0 Å². The largest absolute Gasteiger partial charge is 0.494 e. The molecule has 8 nitrogen and oxygen atoms in total. The van der Waals surface area contributed by atoms with Crippen LogP contribution in [0.3, 0.4) is 0 Å². The molecule has 0 atom stereocenters. The molecule has 0 N–H and O–H groups in total. The molecule has 6 rings (SSSR count). The summed E-state index contributed by atoms with van der Waals surface area (Å²) in [6, 6.07) is 20.1. The van der Waals surface area contributed by atoms with Crippen LogP contribution in [0, 0.1) is 19.8 Å². The second kappa shape index (κ2) is 11.3. The Kier molecular flexibility index (Phi) is 7.45. The van der Waals surface area contributed by atoms with Gasteiger partial charge in [-0.2, -0.15) is 5.10 Å². The Balaban J connectivity index is 1.24. The first-order chi connectivity index (χ1) is 19.9. The van der Waals surface area contributed by atoms with E-state index in [4.69, 9.17) is 14.8 Å². The first kappa shape index (κ1) is 27.0. The first-order valence-corrected chi connectivity index (χ1v) is 14.8. The van der Waals surface area contributed by atoms with Gasteiger partial charge in [-0.05, 0) is 62.8 Å². The van der Waals surface area contributed by atoms with Crippen LogP contribution in [0.5, 0.6) is 5.75 Å². The maximum Gasteiger partial charge on any atom is 0.268 e. The zero-order valence-corrected chi connectivity index (χ0v) is 24.4. The van der Waals surface area contributed by atoms with E-state index < -0.39 is 0 Å². The fourth-order valence-electron chi connectivity index (χ4n) is 5.77. The van der Waals surface area contributed by atoms with Crippen molar-refractivity contribution in [2.75, 3.05) is 20.2 Å². The standard InChI is InChI=1S/C32H33N5O3S/c1-21-17-26(34-37(21)27-11-7-8-12-28(27)40-3)30-22(2)33-32-36(31(30)39)25(20-41-32)19-29(38)35-15-13-24(14-16-35)18-23-9-5-4-6-10-23/h4-12,17,20,24H,13-16,18-19H2,1-3H3. The normalized spacial score (nSPS) is 14.1. The number of thiazole rings is 1. The molecule has 0 unspecified atom stereocenters. The van der Waals surface area contributed by atoms with Gasteiger partial charge < -0.3 is 9.64 Å². The molecule has 1 fully saturated rings. The van der Waals surface area contributed by atoms with Crippen LogP contribution in [0.15, 0.2) is 70.8 Å². The molecule has 1 aliphatic rings. The topological polar surface area (TPSA) is 81.7 Å². The van der Waals surface area contributed by atoms with Gasteiger partial charge >= 0.3 is 0 Å². The Hall–Kier alpha value is -4.24. The lowest BCUT2D eigenvalue weighted by molar-refractivity contribution is -0.131. The summed E-state index contributed by atoms with van der Waals surface area (Å²) in [5, 5.41) is 6.66. The van der Waals surface area contributed by atoms with E-state index in [0.29, 0.717) is 39.3 Å². The van der Waals surface area contributed by atoms with Gasteiger partial charge in [-0.3, -0.25) is 14.0 Å². The molecule has 210 valence electrons. The minimum Gasteiger partial charge on any atom is -0.494 e. The van der Waals surface area contributed by atoms with Crippen molar-refractivity contribution in [2.45, 2.75) is 39.5 Å². The third-order valence-corrected chi connectivity index (χ3v) is 8.82. The molecule has 1 saturated heterocycles. The third-order valence-electron chi connectivity index (χ3n) is 7.94. The van der Waals surface area contributed by atoms with E-state index in [0.717, 1.165) is 43.7 Å². The number of fused-ring (bicyclic) bond motifs is 1. The fraction of sp³-hybridized carbons (Fsp3) is 0.312. The molecule has 0 radical (unpaired) electrons. The van der Waals surface area contributed by atoms with Gasteiger partial charge in [0.25, 0.3) is 5.56 Å². The van der Waals surface area contributed by atoms with E-state index in [1.165, 1.54) is 16.9 Å². The van der Waals surface area contributed by atoms with Crippen molar-refractivity contribution < 1.29 is 9.53 Å². The van der Waals surface area contributed by atoms with E-state index in [2.05, 4.69) is 24.3 Å². The van der Waals surface area contributed by atoms with Crippen molar-refractivity contribution in [3.8, 4) is 22.7 Å². The van der Waals surface area contributed by atoms with Crippen molar-refractivity contribution in [1.29, 1.82) is 0 Å². The van der Waals surface area contributed by atoms with Gasteiger partial charge in [0.05, 0.1) is 24.8 Å². The summed E-state index contributed by atoms with van der Waals surface area (Å²) in [6.45, 7) is 5.27. The molecule has 1 aliphatic heterocycles. The number of carbonyl (C=O) groups excluding carboxylic acids is 1. The molecule has 0 bridgehead atoms. The second-order valence-corrected chi connectivity index (χ2v) is 11.5. The van der Waals surface area contributed by atoms with Gasteiger partial charge in [-0.1, -0.05) is 42.5 Å². The zero-order chi connectivity index (χ0) is 28.5. The lowest BCUT2D eigenvalue weighted by atomic mass is 9.90. The van der Waals surface area contributed by atoms with Gasteiger partial charge in [0, 0.05) is 29.9 Å². The molecule has 4 heterocycles. The van der Waals surface area contributed by atoms with E-state index in [1.807, 2.05) is 60.5 Å². The number of piperidine rings is 1. The Bertz CT molecular complexity index is 1760. The van der Waals surface area contributed by atoms with Gasteiger partial charge in [0.1, 0.15) is 17.1 Å². The quantitative estimate of drug-likeness (QED) is 0.268. The Morgan fingerprint density at radius 2 is 1.78 bits per heavy atom. The molecular weight excluding hydrogens is 534 g/mol. The summed E-state index contributed by atoms with van der Waals surface area (Å²) in [5.74, 6) is 1.32. The SMILES string of the molecule is COc1ccccc1-n1nc(-c2c(C)nc3scc(CC(=O)N4CCC(Cc5ccccc5)CC4)n3c2=O)cc1C. The van der Waals surface area contributed by atoms with Gasteiger partial charge in [-0.25, -0.2) is 9.67 Å². The minimum absolute atomic E-state index is 0.0492. The van der Waals surface area contributed by atoms with Crippen molar-refractivity contribution in [3.63, 3.8) is 0 Å². The second-order valence-electron chi connectivity index (χ2n) is 10.7. The van der Waals surface area contributed by atoms with Crippen LogP contribution in [-0.2, 0) is 17.6 Å². The number of likely N-dealkylation sites (tertiary alicyclic amines) is 1. The van der Waals surface area contributed by atoms with Crippen molar-refractivity contribution in [1.82, 2.24) is 24.1 Å². The van der Waals surface area contributed by atoms with Crippen molar-refractivity contribution in [2.24, 2.45) is 5.92 Å². The lowest BCUT2D eigenvalue weighted by Gasteiger charge is -2.32. The summed E-state index contributed by atoms with van der Waals surface area (Å²) in [6.07, 6.45) is 3.20. The molecule has 2 aromatic carbocycles. The zero-order valence-electron chi connectivity index (χ0n) is 23.5. The summed E-state index contributed by atoms with van der Waals surface area (Å²) >= 11 is 1.39. The minimum atomic E-state index is -0.206. The van der Waals surface area contributed by atoms with Crippen LogP contribution in [-0.4, -0.2) is 50.2 Å². The number of benzene rings is 2. The fourth-order valence-corrected chi connectivity index (χ4v) is 6.70. The van der Waals surface area contributed by atoms with E-state index in [-0.39, 0.29) is 17.9 Å². The van der Waals surface area contributed by atoms with Crippen molar-refractivity contribution >= 4 is 22.2 Å². The maximum atomic E-state index is 13.9. The molecule has 1 amide bonds. The van der Waals surface area contributed by atoms with E-state index in [9.17, 15) is 9.59 Å². The van der Waals surface area contributed by atoms with Gasteiger partial charge in [-0.15, -0.1) is 11.3 Å². The van der Waals surface area contributed by atoms with Crippen LogP contribution >= 0.6 is 11.3 Å². The Morgan fingerprint density at radius 3 is 2.54 bits per heavy atom. The van der Waals surface area contributed by atoms with Crippen LogP contribution in [0.4, 0.5) is 0 Å². The molecule has 5 aromatic rings. The Labute approximate surface area is 242 Å². The highest BCUT2D eigenvalue weighted by atomic mass is 32.1. The van der Waals surface area contributed by atoms with Crippen molar-refractivity contribution in [3.05, 3.63) is 99.0 Å².